The Morgan fingerprint density at radius 1 is 1.42 bits per heavy atom. The van der Waals surface area contributed by atoms with Gasteiger partial charge in [-0.25, -0.2) is 8.42 Å². The van der Waals surface area contributed by atoms with Gasteiger partial charge in [-0.05, 0) is 37.7 Å². The number of nitrogens with zero attached hydrogens (tertiary/aromatic N) is 1. The van der Waals surface area contributed by atoms with Crippen LogP contribution in [0.5, 0.6) is 0 Å². The number of benzene rings is 1. The van der Waals surface area contributed by atoms with Gasteiger partial charge in [-0.15, -0.1) is 0 Å². The van der Waals surface area contributed by atoms with Gasteiger partial charge in [-0.1, -0.05) is 19.4 Å². The van der Waals surface area contributed by atoms with Crippen LogP contribution < -0.4 is 0 Å². The molecule has 2 rings (SSSR count). The number of hydrogen-bond acceptors (Lipinski definition) is 3. The van der Waals surface area contributed by atoms with Gasteiger partial charge in [0.05, 0.1) is 15.9 Å². The second-order valence-corrected chi connectivity index (χ2v) is 7.23. The highest BCUT2D eigenvalue weighted by atomic mass is 32.2. The van der Waals surface area contributed by atoms with E-state index in [-0.39, 0.29) is 6.04 Å². The standard InChI is InChI=1S/C13H18N2O2S2/c1-4-6-9(2)15-10-7-5-8-11(19(3,16)17)12(10)14-13(15)18/h5,7-9H,4,6H2,1-3H3,(H,14,18). The summed E-state index contributed by atoms with van der Waals surface area (Å²) in [5.41, 5.74) is 1.46. The first-order chi connectivity index (χ1) is 8.86. The van der Waals surface area contributed by atoms with Gasteiger partial charge >= 0.3 is 0 Å². The summed E-state index contributed by atoms with van der Waals surface area (Å²) in [5.74, 6) is 0. The molecule has 19 heavy (non-hydrogen) atoms. The van der Waals surface area contributed by atoms with Gasteiger partial charge in [-0.2, -0.15) is 0 Å². The maximum Gasteiger partial charge on any atom is 0.178 e. The molecule has 1 atom stereocenters. The van der Waals surface area contributed by atoms with Crippen LogP contribution in [0.15, 0.2) is 23.1 Å². The van der Waals surface area contributed by atoms with Crippen molar-refractivity contribution in [2.45, 2.75) is 37.6 Å². The molecular formula is C13H18N2O2S2. The highest BCUT2D eigenvalue weighted by Crippen LogP contribution is 2.26. The summed E-state index contributed by atoms with van der Waals surface area (Å²) in [4.78, 5) is 3.34. The van der Waals surface area contributed by atoms with Crippen molar-refractivity contribution >= 4 is 33.1 Å². The molecule has 0 bridgehead atoms. The Morgan fingerprint density at radius 3 is 2.68 bits per heavy atom. The van der Waals surface area contributed by atoms with Crippen LogP contribution in [0.25, 0.3) is 11.0 Å². The minimum atomic E-state index is -3.26. The molecule has 0 aliphatic heterocycles. The molecule has 0 saturated carbocycles. The van der Waals surface area contributed by atoms with Crippen LogP contribution in [-0.4, -0.2) is 24.2 Å². The lowest BCUT2D eigenvalue weighted by atomic mass is 10.2. The SMILES string of the molecule is CCCC(C)n1c(=S)[nH]c2c(S(C)(=O)=O)cccc21. The van der Waals surface area contributed by atoms with Crippen molar-refractivity contribution in [3.63, 3.8) is 0 Å². The first-order valence-electron chi connectivity index (χ1n) is 6.29. The van der Waals surface area contributed by atoms with Crippen molar-refractivity contribution in [2.24, 2.45) is 0 Å². The molecule has 4 nitrogen and oxygen atoms in total. The van der Waals surface area contributed by atoms with Gasteiger partial charge in [-0.3, -0.25) is 0 Å². The van der Waals surface area contributed by atoms with Crippen molar-refractivity contribution in [3.05, 3.63) is 23.0 Å². The zero-order valence-corrected chi connectivity index (χ0v) is 12.9. The predicted molar refractivity (Wildman–Crippen MR) is 79.9 cm³/mol. The zero-order chi connectivity index (χ0) is 14.2. The first-order valence-corrected chi connectivity index (χ1v) is 8.59. The van der Waals surface area contributed by atoms with Gasteiger partial charge in [0.1, 0.15) is 0 Å². The molecule has 0 fully saturated rings. The number of H-pyrrole nitrogens is 1. The molecule has 0 spiro atoms. The smallest absolute Gasteiger partial charge is 0.178 e. The Morgan fingerprint density at radius 2 is 2.11 bits per heavy atom. The Kier molecular flexibility index (Phi) is 3.82. The van der Waals surface area contributed by atoms with E-state index in [1.807, 2.05) is 10.6 Å². The number of rotatable bonds is 4. The first kappa shape index (κ1) is 14.3. The van der Waals surface area contributed by atoms with E-state index in [4.69, 9.17) is 12.2 Å². The van der Waals surface area contributed by atoms with E-state index in [1.54, 1.807) is 12.1 Å². The number of aromatic nitrogens is 2. The fourth-order valence-corrected chi connectivity index (χ4v) is 3.65. The maximum absolute atomic E-state index is 11.8. The van der Waals surface area contributed by atoms with Gasteiger partial charge < -0.3 is 9.55 Å². The van der Waals surface area contributed by atoms with Crippen LogP contribution in [-0.2, 0) is 9.84 Å². The van der Waals surface area contributed by atoms with Gasteiger partial charge in [0, 0.05) is 12.3 Å². The van der Waals surface area contributed by atoms with Gasteiger partial charge in [0.25, 0.3) is 0 Å². The fourth-order valence-electron chi connectivity index (χ4n) is 2.42. The fraction of sp³-hybridized carbons (Fsp3) is 0.462. The number of hydrogen-bond donors (Lipinski definition) is 1. The second kappa shape index (κ2) is 5.09. The molecule has 2 aromatic rings. The summed E-state index contributed by atoms with van der Waals surface area (Å²) in [6, 6.07) is 5.53. The molecule has 1 N–H and O–H groups in total. The zero-order valence-electron chi connectivity index (χ0n) is 11.3. The summed E-state index contributed by atoms with van der Waals surface area (Å²) in [6.45, 7) is 4.22. The molecule has 1 aromatic heterocycles. The molecule has 6 heteroatoms. The summed E-state index contributed by atoms with van der Waals surface area (Å²) in [7, 11) is -3.26. The highest BCUT2D eigenvalue weighted by molar-refractivity contribution is 7.91. The molecular weight excluding hydrogens is 280 g/mol. The van der Waals surface area contributed by atoms with E-state index in [2.05, 4.69) is 18.8 Å². The van der Waals surface area contributed by atoms with Crippen LogP contribution in [0.1, 0.15) is 32.7 Å². The van der Waals surface area contributed by atoms with E-state index in [1.165, 1.54) is 6.26 Å². The number of sulfone groups is 1. The van der Waals surface area contributed by atoms with Crippen LogP contribution in [0.3, 0.4) is 0 Å². The molecule has 104 valence electrons. The molecule has 0 amide bonds. The lowest BCUT2D eigenvalue weighted by Crippen LogP contribution is -2.05. The number of fused-ring (bicyclic) bond motifs is 1. The molecule has 1 aromatic carbocycles. The van der Waals surface area contributed by atoms with Crippen LogP contribution in [0, 0.1) is 4.77 Å². The monoisotopic (exact) mass is 298 g/mol. The van der Waals surface area contributed by atoms with Crippen molar-refractivity contribution in [1.29, 1.82) is 0 Å². The predicted octanol–water partition coefficient (Wildman–Crippen LogP) is 3.46. The minimum Gasteiger partial charge on any atom is -0.329 e. The van der Waals surface area contributed by atoms with E-state index in [9.17, 15) is 8.42 Å². The summed E-state index contributed by atoms with van der Waals surface area (Å²) < 4.78 is 26.2. The number of imidazole rings is 1. The van der Waals surface area contributed by atoms with Crippen LogP contribution >= 0.6 is 12.2 Å². The van der Waals surface area contributed by atoms with Crippen molar-refractivity contribution in [3.8, 4) is 0 Å². The maximum atomic E-state index is 11.8. The number of nitrogens with one attached hydrogen (secondary N) is 1. The van der Waals surface area contributed by atoms with E-state index >= 15 is 0 Å². The summed E-state index contributed by atoms with van der Waals surface area (Å²) in [5, 5.41) is 0. The van der Waals surface area contributed by atoms with Crippen molar-refractivity contribution in [1.82, 2.24) is 9.55 Å². The number of aromatic amines is 1. The molecule has 1 unspecified atom stereocenters. The van der Waals surface area contributed by atoms with E-state index < -0.39 is 9.84 Å². The lowest BCUT2D eigenvalue weighted by Gasteiger charge is -2.13. The Bertz CT molecular complexity index is 757. The third-order valence-electron chi connectivity index (χ3n) is 3.26. The average molecular weight is 298 g/mol. The van der Waals surface area contributed by atoms with Crippen LogP contribution in [0.4, 0.5) is 0 Å². The lowest BCUT2D eigenvalue weighted by molar-refractivity contribution is 0.507. The highest BCUT2D eigenvalue weighted by Gasteiger charge is 2.17. The van der Waals surface area contributed by atoms with Crippen LogP contribution in [0.2, 0.25) is 0 Å². The van der Waals surface area contributed by atoms with Crippen molar-refractivity contribution in [2.75, 3.05) is 6.26 Å². The topological polar surface area (TPSA) is 54.9 Å². The minimum absolute atomic E-state index is 0.251. The largest absolute Gasteiger partial charge is 0.329 e. The van der Waals surface area contributed by atoms with E-state index in [0.717, 1.165) is 18.4 Å². The third kappa shape index (κ3) is 2.60. The molecule has 1 heterocycles. The molecule has 0 aliphatic carbocycles. The summed E-state index contributed by atoms with van der Waals surface area (Å²) in [6.07, 6.45) is 3.28. The van der Waals surface area contributed by atoms with E-state index in [0.29, 0.717) is 15.2 Å². The van der Waals surface area contributed by atoms with Gasteiger partial charge in [0.2, 0.25) is 0 Å². The third-order valence-corrected chi connectivity index (χ3v) is 4.70. The summed E-state index contributed by atoms with van der Waals surface area (Å²) >= 11 is 5.34. The molecule has 0 aliphatic rings. The van der Waals surface area contributed by atoms with Crippen molar-refractivity contribution < 1.29 is 8.42 Å². The quantitative estimate of drug-likeness (QED) is 0.879. The Balaban J connectivity index is 2.77. The Labute approximate surface area is 118 Å². The Hall–Kier alpha value is -1.14. The normalized spacial score (nSPS) is 13.8. The second-order valence-electron chi connectivity index (χ2n) is 4.86. The molecule has 0 radical (unpaired) electrons. The average Bonchev–Trinajstić information content (AvgIpc) is 2.63. The number of para-hydroxylation sites is 1. The molecule has 0 saturated heterocycles. The van der Waals surface area contributed by atoms with Gasteiger partial charge in [0.15, 0.2) is 14.6 Å².